The predicted octanol–water partition coefficient (Wildman–Crippen LogP) is 3.84. The van der Waals surface area contributed by atoms with Gasteiger partial charge >= 0.3 is 0 Å². The number of hydrogen-bond acceptors (Lipinski definition) is 2. The molecule has 0 aromatic heterocycles. The summed E-state index contributed by atoms with van der Waals surface area (Å²) in [6.07, 6.45) is 0. The zero-order valence-corrected chi connectivity index (χ0v) is 14.0. The normalized spacial score (nSPS) is 10.5. The van der Waals surface area contributed by atoms with Crippen LogP contribution >= 0.6 is 0 Å². The van der Waals surface area contributed by atoms with Crippen LogP contribution < -0.4 is 4.90 Å². The first kappa shape index (κ1) is 17.9. The van der Waals surface area contributed by atoms with E-state index in [1.54, 1.807) is 9.80 Å². The zero-order chi connectivity index (χ0) is 17.5. The molecule has 1 amide bonds. The summed E-state index contributed by atoms with van der Waals surface area (Å²) < 4.78 is 26.5. The average Bonchev–Trinajstić information content (AvgIpc) is 2.60. The van der Waals surface area contributed by atoms with Crippen LogP contribution in [0.1, 0.15) is 19.4 Å². The third kappa shape index (κ3) is 4.54. The summed E-state index contributed by atoms with van der Waals surface area (Å²) in [6.45, 7) is 5.58. The lowest BCUT2D eigenvalue weighted by Crippen LogP contribution is -2.40. The molecule has 0 aliphatic carbocycles. The molecule has 3 nitrogen and oxygen atoms in total. The lowest BCUT2D eigenvalue weighted by Gasteiger charge is -2.27. The molecule has 2 aromatic rings. The third-order valence-corrected chi connectivity index (χ3v) is 3.93. The second kappa shape index (κ2) is 8.43. The van der Waals surface area contributed by atoms with Crippen molar-refractivity contribution in [2.45, 2.75) is 20.4 Å². The summed E-state index contributed by atoms with van der Waals surface area (Å²) in [4.78, 5) is 16.1. The van der Waals surface area contributed by atoms with Crippen LogP contribution in [-0.2, 0) is 11.3 Å². The van der Waals surface area contributed by atoms with E-state index in [4.69, 9.17) is 0 Å². The standard InChI is InChI=1S/C19H22F2N2O/c1-3-22(16-10-11-17(20)18(21)12-16)14-19(24)23(4-2)13-15-8-6-5-7-9-15/h5-12H,3-4,13-14H2,1-2H3. The molecule has 0 saturated carbocycles. The van der Waals surface area contributed by atoms with E-state index in [1.165, 1.54) is 6.07 Å². The zero-order valence-electron chi connectivity index (χ0n) is 14.0. The number of rotatable bonds is 7. The number of carbonyl (C=O) groups is 1. The van der Waals surface area contributed by atoms with Gasteiger partial charge in [0.25, 0.3) is 0 Å². The second-order valence-electron chi connectivity index (χ2n) is 5.51. The highest BCUT2D eigenvalue weighted by Gasteiger charge is 2.17. The van der Waals surface area contributed by atoms with Crippen LogP contribution in [0.5, 0.6) is 0 Å². The molecule has 0 spiro atoms. The SMILES string of the molecule is CCN(Cc1ccccc1)C(=O)CN(CC)c1ccc(F)c(F)c1. The highest BCUT2D eigenvalue weighted by atomic mass is 19.2. The summed E-state index contributed by atoms with van der Waals surface area (Å²) in [6, 6.07) is 13.5. The van der Waals surface area contributed by atoms with Crippen molar-refractivity contribution < 1.29 is 13.6 Å². The minimum absolute atomic E-state index is 0.0482. The van der Waals surface area contributed by atoms with E-state index < -0.39 is 11.6 Å². The number of halogens is 2. The van der Waals surface area contributed by atoms with Crippen molar-refractivity contribution >= 4 is 11.6 Å². The molecule has 0 fully saturated rings. The van der Waals surface area contributed by atoms with E-state index >= 15 is 0 Å². The van der Waals surface area contributed by atoms with Crippen LogP contribution in [0, 0.1) is 11.6 Å². The highest BCUT2D eigenvalue weighted by Crippen LogP contribution is 2.18. The average molecular weight is 332 g/mol. The summed E-state index contributed by atoms with van der Waals surface area (Å²) in [5, 5.41) is 0. The topological polar surface area (TPSA) is 23.6 Å². The Morgan fingerprint density at radius 2 is 1.67 bits per heavy atom. The van der Waals surface area contributed by atoms with E-state index in [-0.39, 0.29) is 12.5 Å². The predicted molar refractivity (Wildman–Crippen MR) is 91.8 cm³/mol. The summed E-state index contributed by atoms with van der Waals surface area (Å²) in [5.41, 5.74) is 1.56. The molecule has 128 valence electrons. The van der Waals surface area contributed by atoms with Gasteiger partial charge in [-0.05, 0) is 31.5 Å². The first-order chi connectivity index (χ1) is 11.5. The monoisotopic (exact) mass is 332 g/mol. The maximum Gasteiger partial charge on any atom is 0.242 e. The molecule has 0 aliphatic heterocycles. The van der Waals surface area contributed by atoms with E-state index in [9.17, 15) is 13.6 Å². The van der Waals surface area contributed by atoms with Gasteiger partial charge in [-0.1, -0.05) is 30.3 Å². The van der Waals surface area contributed by atoms with Crippen molar-refractivity contribution in [2.24, 2.45) is 0 Å². The third-order valence-electron chi connectivity index (χ3n) is 3.93. The number of benzene rings is 2. The number of hydrogen-bond donors (Lipinski definition) is 0. The number of nitrogens with zero attached hydrogens (tertiary/aromatic N) is 2. The summed E-state index contributed by atoms with van der Waals surface area (Å²) in [5.74, 6) is -1.84. The molecule has 0 N–H and O–H groups in total. The van der Waals surface area contributed by atoms with Crippen LogP contribution in [0.3, 0.4) is 0 Å². The largest absolute Gasteiger partial charge is 0.362 e. The molecule has 2 rings (SSSR count). The van der Waals surface area contributed by atoms with Crippen LogP contribution in [0.4, 0.5) is 14.5 Å². The Balaban J connectivity index is 2.07. The van der Waals surface area contributed by atoms with Crippen molar-refractivity contribution in [3.63, 3.8) is 0 Å². The van der Waals surface area contributed by atoms with Gasteiger partial charge in [0, 0.05) is 31.4 Å². The van der Waals surface area contributed by atoms with Gasteiger partial charge in [-0.25, -0.2) is 8.78 Å². The Kier molecular flexibility index (Phi) is 6.29. The number of amides is 1. The molecule has 0 heterocycles. The van der Waals surface area contributed by atoms with Gasteiger partial charge in [-0.3, -0.25) is 4.79 Å². The number of anilines is 1. The van der Waals surface area contributed by atoms with Gasteiger partial charge in [0.15, 0.2) is 11.6 Å². The maximum absolute atomic E-state index is 13.4. The van der Waals surface area contributed by atoms with Crippen molar-refractivity contribution in [2.75, 3.05) is 24.5 Å². The van der Waals surface area contributed by atoms with Crippen LogP contribution in [0.25, 0.3) is 0 Å². The van der Waals surface area contributed by atoms with Crippen molar-refractivity contribution in [3.8, 4) is 0 Å². The molecular weight excluding hydrogens is 310 g/mol. The van der Waals surface area contributed by atoms with Crippen molar-refractivity contribution in [1.29, 1.82) is 0 Å². The molecule has 0 radical (unpaired) electrons. The molecule has 24 heavy (non-hydrogen) atoms. The van der Waals surface area contributed by atoms with E-state index in [1.807, 2.05) is 44.2 Å². The van der Waals surface area contributed by atoms with Gasteiger partial charge in [0.05, 0.1) is 6.54 Å². The highest BCUT2D eigenvalue weighted by molar-refractivity contribution is 5.81. The van der Waals surface area contributed by atoms with E-state index in [2.05, 4.69) is 0 Å². The maximum atomic E-state index is 13.4. The lowest BCUT2D eigenvalue weighted by atomic mass is 10.2. The quantitative estimate of drug-likeness (QED) is 0.769. The Morgan fingerprint density at radius 1 is 0.958 bits per heavy atom. The van der Waals surface area contributed by atoms with Gasteiger partial charge < -0.3 is 9.80 Å². The van der Waals surface area contributed by atoms with E-state index in [0.29, 0.717) is 25.3 Å². The van der Waals surface area contributed by atoms with Gasteiger partial charge in [-0.2, -0.15) is 0 Å². The molecule has 0 aliphatic rings. The fraction of sp³-hybridized carbons (Fsp3) is 0.316. The smallest absolute Gasteiger partial charge is 0.242 e. The van der Waals surface area contributed by atoms with Crippen molar-refractivity contribution in [1.82, 2.24) is 4.90 Å². The van der Waals surface area contributed by atoms with Gasteiger partial charge in [-0.15, -0.1) is 0 Å². The van der Waals surface area contributed by atoms with Crippen LogP contribution in [-0.4, -0.2) is 30.4 Å². The van der Waals surface area contributed by atoms with Gasteiger partial charge in [0.1, 0.15) is 0 Å². The van der Waals surface area contributed by atoms with Gasteiger partial charge in [0.2, 0.25) is 5.91 Å². The molecule has 0 saturated heterocycles. The molecule has 2 aromatic carbocycles. The Bertz CT molecular complexity index is 676. The molecule has 0 bridgehead atoms. The molecule has 0 unspecified atom stereocenters. The minimum atomic E-state index is -0.907. The Morgan fingerprint density at radius 3 is 2.25 bits per heavy atom. The lowest BCUT2D eigenvalue weighted by molar-refractivity contribution is -0.130. The molecule has 0 atom stereocenters. The molecular formula is C19H22F2N2O. The van der Waals surface area contributed by atoms with E-state index in [0.717, 1.165) is 17.7 Å². The summed E-state index contributed by atoms with van der Waals surface area (Å²) in [7, 11) is 0. The fourth-order valence-corrected chi connectivity index (χ4v) is 2.51. The first-order valence-electron chi connectivity index (χ1n) is 8.06. The summed E-state index contributed by atoms with van der Waals surface area (Å²) >= 11 is 0. The Labute approximate surface area is 141 Å². The first-order valence-corrected chi connectivity index (χ1v) is 8.06. The van der Waals surface area contributed by atoms with Crippen LogP contribution in [0.15, 0.2) is 48.5 Å². The Hall–Kier alpha value is -2.43. The number of carbonyl (C=O) groups excluding carboxylic acids is 1. The minimum Gasteiger partial charge on any atom is -0.362 e. The fourth-order valence-electron chi connectivity index (χ4n) is 2.51. The van der Waals surface area contributed by atoms with Crippen LogP contribution in [0.2, 0.25) is 0 Å². The molecule has 5 heteroatoms. The number of likely N-dealkylation sites (N-methyl/N-ethyl adjacent to an activating group) is 2. The second-order valence-corrected chi connectivity index (χ2v) is 5.51. The van der Waals surface area contributed by atoms with Crippen molar-refractivity contribution in [3.05, 3.63) is 65.7 Å².